The van der Waals surface area contributed by atoms with E-state index in [4.69, 9.17) is 0 Å². The summed E-state index contributed by atoms with van der Waals surface area (Å²) >= 11 is 0. The molecule has 2 nitrogen and oxygen atoms in total. The maximum Gasteiger partial charge on any atom is 0.119 e. The molecular weight excluding hydrogens is 246 g/mol. The number of aryl methyl sites for hydroxylation is 1. The van der Waals surface area contributed by atoms with E-state index in [0.29, 0.717) is 11.8 Å². The number of hydrogen-bond acceptors (Lipinski definition) is 2. The molecule has 1 aliphatic carbocycles. The SMILES string of the molecule is Cc1cccc(N(C)C2CCCc3c(O)cccc32)c1. The van der Waals surface area contributed by atoms with Gasteiger partial charge < -0.3 is 10.0 Å². The Morgan fingerprint density at radius 1 is 1.15 bits per heavy atom. The zero-order chi connectivity index (χ0) is 14.1. The van der Waals surface area contributed by atoms with Gasteiger partial charge in [-0.1, -0.05) is 24.3 Å². The first kappa shape index (κ1) is 13.0. The Labute approximate surface area is 120 Å². The molecule has 0 amide bonds. The van der Waals surface area contributed by atoms with Gasteiger partial charge in [-0.25, -0.2) is 0 Å². The van der Waals surface area contributed by atoms with Crippen molar-refractivity contribution in [2.45, 2.75) is 32.2 Å². The maximum atomic E-state index is 10.1. The van der Waals surface area contributed by atoms with Crippen LogP contribution in [0.3, 0.4) is 0 Å². The first-order chi connectivity index (χ1) is 9.66. The van der Waals surface area contributed by atoms with E-state index in [9.17, 15) is 5.11 Å². The molecule has 0 radical (unpaired) electrons. The quantitative estimate of drug-likeness (QED) is 0.881. The Balaban J connectivity index is 1.98. The number of benzene rings is 2. The third-order valence-electron chi connectivity index (χ3n) is 4.33. The minimum atomic E-state index is 0.354. The van der Waals surface area contributed by atoms with Crippen molar-refractivity contribution < 1.29 is 5.11 Å². The van der Waals surface area contributed by atoms with Crippen molar-refractivity contribution in [3.05, 3.63) is 59.2 Å². The fraction of sp³-hybridized carbons (Fsp3) is 0.333. The number of anilines is 1. The van der Waals surface area contributed by atoms with E-state index in [2.05, 4.69) is 49.2 Å². The summed E-state index contributed by atoms with van der Waals surface area (Å²) in [7, 11) is 2.15. The Bertz CT molecular complexity index is 621. The molecule has 0 aliphatic heterocycles. The number of nitrogens with zero attached hydrogens (tertiary/aromatic N) is 1. The molecule has 1 unspecified atom stereocenters. The highest BCUT2D eigenvalue weighted by atomic mass is 16.3. The van der Waals surface area contributed by atoms with Crippen LogP contribution in [0.15, 0.2) is 42.5 Å². The Morgan fingerprint density at radius 2 is 1.95 bits per heavy atom. The molecule has 3 rings (SSSR count). The lowest BCUT2D eigenvalue weighted by Gasteiger charge is -2.35. The summed E-state index contributed by atoms with van der Waals surface area (Å²) in [5, 5.41) is 10.1. The van der Waals surface area contributed by atoms with Crippen LogP contribution in [0, 0.1) is 6.92 Å². The molecule has 0 saturated carbocycles. The third kappa shape index (κ3) is 2.26. The second-order valence-corrected chi connectivity index (χ2v) is 5.70. The van der Waals surface area contributed by atoms with Gasteiger partial charge in [-0.15, -0.1) is 0 Å². The van der Waals surface area contributed by atoms with E-state index in [0.717, 1.165) is 24.8 Å². The molecule has 0 bridgehead atoms. The van der Waals surface area contributed by atoms with Crippen molar-refractivity contribution in [3.63, 3.8) is 0 Å². The average Bonchev–Trinajstić information content (AvgIpc) is 2.46. The number of phenolic OH excluding ortho intramolecular Hbond substituents is 1. The summed E-state index contributed by atoms with van der Waals surface area (Å²) in [4.78, 5) is 2.34. The molecule has 2 aromatic carbocycles. The van der Waals surface area contributed by atoms with Crippen LogP contribution in [0.1, 0.15) is 35.6 Å². The van der Waals surface area contributed by atoms with Crippen molar-refractivity contribution in [3.8, 4) is 5.75 Å². The van der Waals surface area contributed by atoms with E-state index >= 15 is 0 Å². The summed E-state index contributed by atoms with van der Waals surface area (Å²) < 4.78 is 0. The van der Waals surface area contributed by atoms with Crippen molar-refractivity contribution in [1.29, 1.82) is 0 Å². The van der Waals surface area contributed by atoms with E-state index in [1.54, 1.807) is 6.07 Å². The number of rotatable bonds is 2. The highest BCUT2D eigenvalue weighted by Crippen LogP contribution is 2.39. The van der Waals surface area contributed by atoms with Crippen LogP contribution < -0.4 is 4.90 Å². The molecule has 2 heteroatoms. The molecule has 0 saturated heterocycles. The molecule has 104 valence electrons. The first-order valence-electron chi connectivity index (χ1n) is 7.27. The fourth-order valence-electron chi connectivity index (χ4n) is 3.23. The van der Waals surface area contributed by atoms with E-state index in [1.807, 2.05) is 6.07 Å². The largest absolute Gasteiger partial charge is 0.508 e. The number of fused-ring (bicyclic) bond motifs is 1. The topological polar surface area (TPSA) is 23.5 Å². The van der Waals surface area contributed by atoms with Crippen LogP contribution in [-0.4, -0.2) is 12.2 Å². The number of phenols is 1. The highest BCUT2D eigenvalue weighted by Gasteiger charge is 2.25. The Kier molecular flexibility index (Phi) is 3.39. The Hall–Kier alpha value is -1.96. The molecule has 1 aliphatic rings. The number of aromatic hydroxyl groups is 1. The van der Waals surface area contributed by atoms with Gasteiger partial charge >= 0.3 is 0 Å². The fourth-order valence-corrected chi connectivity index (χ4v) is 3.23. The zero-order valence-electron chi connectivity index (χ0n) is 12.1. The van der Waals surface area contributed by atoms with Crippen LogP contribution >= 0.6 is 0 Å². The molecule has 1 atom stereocenters. The minimum Gasteiger partial charge on any atom is -0.508 e. The van der Waals surface area contributed by atoms with Crippen molar-refractivity contribution >= 4 is 5.69 Å². The molecule has 20 heavy (non-hydrogen) atoms. The summed E-state index contributed by atoms with van der Waals surface area (Å²) in [5.74, 6) is 0.449. The molecule has 1 N–H and O–H groups in total. The van der Waals surface area contributed by atoms with Crippen LogP contribution in [-0.2, 0) is 6.42 Å². The van der Waals surface area contributed by atoms with Crippen molar-refractivity contribution in [2.75, 3.05) is 11.9 Å². The van der Waals surface area contributed by atoms with Gasteiger partial charge in [0.15, 0.2) is 0 Å². The summed E-state index contributed by atoms with van der Waals surface area (Å²) in [6.07, 6.45) is 3.26. The summed E-state index contributed by atoms with van der Waals surface area (Å²) in [5.41, 5.74) is 4.93. The van der Waals surface area contributed by atoms with Gasteiger partial charge in [0.1, 0.15) is 5.75 Å². The predicted molar refractivity (Wildman–Crippen MR) is 83.4 cm³/mol. The monoisotopic (exact) mass is 267 g/mol. The predicted octanol–water partition coefficient (Wildman–Crippen LogP) is 4.21. The standard InChI is InChI=1S/C18H21NO/c1-13-6-3-7-14(12-13)19(2)17-10-4-9-16-15(17)8-5-11-18(16)20/h3,5-8,11-12,17,20H,4,9-10H2,1-2H3. The lowest BCUT2D eigenvalue weighted by Crippen LogP contribution is -2.27. The maximum absolute atomic E-state index is 10.1. The molecule has 0 spiro atoms. The molecule has 2 aromatic rings. The smallest absolute Gasteiger partial charge is 0.119 e. The molecular formula is C18H21NO. The van der Waals surface area contributed by atoms with Crippen LogP contribution in [0.25, 0.3) is 0 Å². The summed E-state index contributed by atoms with van der Waals surface area (Å²) in [6, 6.07) is 14.9. The lowest BCUT2D eigenvalue weighted by atomic mass is 9.86. The molecule has 0 fully saturated rings. The number of hydrogen-bond donors (Lipinski definition) is 1. The van der Waals surface area contributed by atoms with E-state index < -0.39 is 0 Å². The van der Waals surface area contributed by atoms with Crippen molar-refractivity contribution in [2.24, 2.45) is 0 Å². The average molecular weight is 267 g/mol. The molecule has 0 aromatic heterocycles. The third-order valence-corrected chi connectivity index (χ3v) is 4.33. The normalized spacial score (nSPS) is 17.6. The van der Waals surface area contributed by atoms with Gasteiger partial charge in [0.2, 0.25) is 0 Å². The van der Waals surface area contributed by atoms with E-state index in [-0.39, 0.29) is 0 Å². The first-order valence-corrected chi connectivity index (χ1v) is 7.27. The molecule has 0 heterocycles. The van der Waals surface area contributed by atoms with Gasteiger partial charge in [-0.3, -0.25) is 0 Å². The van der Waals surface area contributed by atoms with Gasteiger partial charge in [0.05, 0.1) is 6.04 Å². The second kappa shape index (κ2) is 5.20. The van der Waals surface area contributed by atoms with Gasteiger partial charge in [-0.05, 0) is 61.1 Å². The lowest BCUT2D eigenvalue weighted by molar-refractivity contribution is 0.453. The Morgan fingerprint density at radius 3 is 2.75 bits per heavy atom. The zero-order valence-corrected chi connectivity index (χ0v) is 12.1. The van der Waals surface area contributed by atoms with Crippen LogP contribution in [0.5, 0.6) is 5.75 Å². The minimum absolute atomic E-state index is 0.354. The second-order valence-electron chi connectivity index (χ2n) is 5.70. The highest BCUT2D eigenvalue weighted by molar-refractivity contribution is 5.52. The van der Waals surface area contributed by atoms with Gasteiger partial charge in [0, 0.05) is 12.7 Å². The van der Waals surface area contributed by atoms with Crippen LogP contribution in [0.4, 0.5) is 5.69 Å². The van der Waals surface area contributed by atoms with Crippen molar-refractivity contribution in [1.82, 2.24) is 0 Å². The van der Waals surface area contributed by atoms with Crippen LogP contribution in [0.2, 0.25) is 0 Å². The van der Waals surface area contributed by atoms with E-state index in [1.165, 1.54) is 16.8 Å². The van der Waals surface area contributed by atoms with Gasteiger partial charge in [-0.2, -0.15) is 0 Å². The van der Waals surface area contributed by atoms with Gasteiger partial charge in [0.25, 0.3) is 0 Å². The summed E-state index contributed by atoms with van der Waals surface area (Å²) in [6.45, 7) is 2.12.